The third-order valence-electron chi connectivity index (χ3n) is 2.87. The van der Waals surface area contributed by atoms with Crippen molar-refractivity contribution < 1.29 is 18.7 Å². The quantitative estimate of drug-likeness (QED) is 0.919. The maximum absolute atomic E-state index is 13.5. The molecule has 5 heteroatoms. The SMILES string of the molecule is COc1ccccc1O[C@H](C)C(=O)Nc1ccccc1F. The average molecular weight is 289 g/mol. The predicted molar refractivity (Wildman–Crippen MR) is 78.1 cm³/mol. The molecule has 0 fully saturated rings. The largest absolute Gasteiger partial charge is 0.493 e. The van der Waals surface area contributed by atoms with E-state index < -0.39 is 17.8 Å². The van der Waals surface area contributed by atoms with Gasteiger partial charge in [-0.25, -0.2) is 4.39 Å². The number of carbonyl (C=O) groups excluding carboxylic acids is 1. The predicted octanol–water partition coefficient (Wildman–Crippen LogP) is 3.24. The van der Waals surface area contributed by atoms with Crippen molar-refractivity contribution >= 4 is 11.6 Å². The van der Waals surface area contributed by atoms with Gasteiger partial charge in [0.05, 0.1) is 12.8 Å². The zero-order valence-electron chi connectivity index (χ0n) is 11.8. The zero-order chi connectivity index (χ0) is 15.2. The van der Waals surface area contributed by atoms with Gasteiger partial charge in [-0.2, -0.15) is 0 Å². The van der Waals surface area contributed by atoms with Crippen LogP contribution in [-0.4, -0.2) is 19.1 Å². The van der Waals surface area contributed by atoms with Gasteiger partial charge in [-0.15, -0.1) is 0 Å². The molecule has 0 aromatic heterocycles. The fourth-order valence-electron chi connectivity index (χ4n) is 1.76. The zero-order valence-corrected chi connectivity index (χ0v) is 11.8. The van der Waals surface area contributed by atoms with Crippen LogP contribution in [0, 0.1) is 5.82 Å². The number of nitrogens with one attached hydrogen (secondary N) is 1. The number of ether oxygens (including phenoxy) is 2. The van der Waals surface area contributed by atoms with Crippen LogP contribution in [0.3, 0.4) is 0 Å². The highest BCUT2D eigenvalue weighted by Crippen LogP contribution is 2.27. The molecule has 0 heterocycles. The summed E-state index contributed by atoms with van der Waals surface area (Å²) in [6.07, 6.45) is -0.791. The van der Waals surface area contributed by atoms with E-state index in [-0.39, 0.29) is 5.69 Å². The van der Waals surface area contributed by atoms with E-state index in [1.165, 1.54) is 19.2 Å². The van der Waals surface area contributed by atoms with Crippen LogP contribution in [0.5, 0.6) is 11.5 Å². The number of anilines is 1. The Bertz CT molecular complexity index is 630. The molecule has 0 unspecified atom stereocenters. The van der Waals surface area contributed by atoms with Gasteiger partial charge in [-0.3, -0.25) is 4.79 Å². The van der Waals surface area contributed by atoms with Crippen LogP contribution in [0.1, 0.15) is 6.92 Å². The molecule has 0 aliphatic rings. The molecule has 0 aliphatic carbocycles. The molecule has 4 nitrogen and oxygen atoms in total. The lowest BCUT2D eigenvalue weighted by molar-refractivity contribution is -0.122. The number of halogens is 1. The van der Waals surface area contributed by atoms with Crippen LogP contribution in [0.25, 0.3) is 0 Å². The summed E-state index contributed by atoms with van der Waals surface area (Å²) < 4.78 is 24.2. The number of hydrogen-bond donors (Lipinski definition) is 1. The van der Waals surface area contributed by atoms with E-state index in [4.69, 9.17) is 9.47 Å². The molecule has 0 aliphatic heterocycles. The third-order valence-corrected chi connectivity index (χ3v) is 2.87. The lowest BCUT2D eigenvalue weighted by atomic mass is 10.2. The molecule has 0 spiro atoms. The first-order valence-corrected chi connectivity index (χ1v) is 6.47. The molecule has 2 rings (SSSR count). The first-order valence-electron chi connectivity index (χ1n) is 6.47. The highest BCUT2D eigenvalue weighted by atomic mass is 19.1. The van der Waals surface area contributed by atoms with Gasteiger partial charge in [0, 0.05) is 0 Å². The van der Waals surface area contributed by atoms with E-state index in [0.29, 0.717) is 11.5 Å². The summed E-state index contributed by atoms with van der Waals surface area (Å²) in [6.45, 7) is 1.59. The fraction of sp³-hybridized carbons (Fsp3) is 0.188. The van der Waals surface area contributed by atoms with E-state index >= 15 is 0 Å². The number of para-hydroxylation sites is 3. The molecule has 0 saturated carbocycles. The molecule has 0 bridgehead atoms. The molecule has 21 heavy (non-hydrogen) atoms. The molecular weight excluding hydrogens is 273 g/mol. The summed E-state index contributed by atoms with van der Waals surface area (Å²) in [4.78, 5) is 12.0. The molecule has 1 N–H and O–H groups in total. The normalized spacial score (nSPS) is 11.6. The number of methoxy groups -OCH3 is 1. The van der Waals surface area contributed by atoms with Gasteiger partial charge in [0.2, 0.25) is 0 Å². The maximum Gasteiger partial charge on any atom is 0.265 e. The summed E-state index contributed by atoms with van der Waals surface area (Å²) in [5.74, 6) is 0.0561. The Balaban J connectivity index is 2.05. The van der Waals surface area contributed by atoms with Crippen molar-refractivity contribution in [2.45, 2.75) is 13.0 Å². The van der Waals surface area contributed by atoms with E-state index in [1.807, 2.05) is 0 Å². The highest BCUT2D eigenvalue weighted by molar-refractivity contribution is 5.94. The highest BCUT2D eigenvalue weighted by Gasteiger charge is 2.17. The topological polar surface area (TPSA) is 47.6 Å². The second-order valence-electron chi connectivity index (χ2n) is 4.38. The monoisotopic (exact) mass is 289 g/mol. The van der Waals surface area contributed by atoms with Crippen molar-refractivity contribution in [3.8, 4) is 11.5 Å². The van der Waals surface area contributed by atoms with E-state index in [0.717, 1.165) is 0 Å². The smallest absolute Gasteiger partial charge is 0.265 e. The van der Waals surface area contributed by atoms with Crippen LogP contribution < -0.4 is 14.8 Å². The van der Waals surface area contributed by atoms with Crippen molar-refractivity contribution in [1.29, 1.82) is 0 Å². The minimum absolute atomic E-state index is 0.123. The Labute approximate surface area is 122 Å². The number of benzene rings is 2. The lowest BCUT2D eigenvalue weighted by Crippen LogP contribution is -2.30. The van der Waals surface area contributed by atoms with E-state index in [9.17, 15) is 9.18 Å². The summed E-state index contributed by atoms with van der Waals surface area (Å²) in [5.41, 5.74) is 0.123. The second-order valence-corrected chi connectivity index (χ2v) is 4.38. The molecule has 2 aromatic carbocycles. The number of amides is 1. The summed E-state index contributed by atoms with van der Waals surface area (Å²) in [7, 11) is 1.52. The van der Waals surface area contributed by atoms with Crippen LogP contribution >= 0.6 is 0 Å². The van der Waals surface area contributed by atoms with Crippen LogP contribution in [0.15, 0.2) is 48.5 Å². The minimum atomic E-state index is -0.791. The lowest BCUT2D eigenvalue weighted by Gasteiger charge is -2.16. The molecule has 0 saturated heterocycles. The van der Waals surface area contributed by atoms with Gasteiger partial charge < -0.3 is 14.8 Å². The van der Waals surface area contributed by atoms with Crippen molar-refractivity contribution in [2.24, 2.45) is 0 Å². The molecule has 1 amide bonds. The Morgan fingerprint density at radius 1 is 1.10 bits per heavy atom. The van der Waals surface area contributed by atoms with E-state index in [2.05, 4.69) is 5.32 Å². The fourth-order valence-corrected chi connectivity index (χ4v) is 1.76. The number of carbonyl (C=O) groups is 1. The van der Waals surface area contributed by atoms with Crippen LogP contribution in [0.2, 0.25) is 0 Å². The van der Waals surface area contributed by atoms with Crippen molar-refractivity contribution in [2.75, 3.05) is 12.4 Å². The summed E-state index contributed by atoms with van der Waals surface area (Å²) >= 11 is 0. The minimum Gasteiger partial charge on any atom is -0.493 e. The van der Waals surface area contributed by atoms with Gasteiger partial charge in [0.15, 0.2) is 17.6 Å². The van der Waals surface area contributed by atoms with E-state index in [1.54, 1.807) is 43.3 Å². The van der Waals surface area contributed by atoms with Gasteiger partial charge in [-0.1, -0.05) is 24.3 Å². The van der Waals surface area contributed by atoms with Gasteiger partial charge in [0.25, 0.3) is 5.91 Å². The Hall–Kier alpha value is -2.56. The second kappa shape index (κ2) is 6.74. The first kappa shape index (κ1) is 14.8. The molecular formula is C16H16FNO3. The van der Waals surface area contributed by atoms with Crippen molar-refractivity contribution in [3.05, 3.63) is 54.3 Å². The van der Waals surface area contributed by atoms with Crippen LogP contribution in [-0.2, 0) is 4.79 Å². The number of hydrogen-bond acceptors (Lipinski definition) is 3. The molecule has 110 valence electrons. The Morgan fingerprint density at radius 3 is 2.38 bits per heavy atom. The Kier molecular flexibility index (Phi) is 4.77. The first-order chi connectivity index (χ1) is 10.1. The van der Waals surface area contributed by atoms with Gasteiger partial charge >= 0.3 is 0 Å². The third kappa shape index (κ3) is 3.72. The van der Waals surface area contributed by atoms with Crippen molar-refractivity contribution in [1.82, 2.24) is 0 Å². The maximum atomic E-state index is 13.5. The molecule has 0 radical (unpaired) electrons. The summed E-state index contributed by atoms with van der Waals surface area (Å²) in [5, 5.41) is 2.49. The Morgan fingerprint density at radius 2 is 1.71 bits per heavy atom. The number of rotatable bonds is 5. The molecule has 2 aromatic rings. The standard InChI is InChI=1S/C16H16FNO3/c1-11(21-15-10-6-5-9-14(15)20-2)16(19)18-13-8-4-3-7-12(13)17/h3-11H,1-2H3,(H,18,19)/t11-/m1/s1. The van der Waals surface area contributed by atoms with Gasteiger partial charge in [0.1, 0.15) is 5.82 Å². The molecule has 1 atom stereocenters. The average Bonchev–Trinajstić information content (AvgIpc) is 2.50. The van der Waals surface area contributed by atoms with Crippen LogP contribution in [0.4, 0.5) is 10.1 Å². The van der Waals surface area contributed by atoms with Gasteiger partial charge in [-0.05, 0) is 31.2 Å². The summed E-state index contributed by atoms with van der Waals surface area (Å²) in [6, 6.07) is 13.0. The van der Waals surface area contributed by atoms with Crippen molar-refractivity contribution in [3.63, 3.8) is 0 Å².